The highest BCUT2D eigenvalue weighted by molar-refractivity contribution is 5.89. The van der Waals surface area contributed by atoms with Gasteiger partial charge in [0.2, 0.25) is 11.8 Å². The van der Waals surface area contributed by atoms with Gasteiger partial charge in [-0.2, -0.15) is 0 Å². The molecule has 1 fully saturated rings. The lowest BCUT2D eigenvalue weighted by molar-refractivity contribution is -0.130. The number of rotatable bonds is 4. The highest BCUT2D eigenvalue weighted by atomic mass is 16.3. The van der Waals surface area contributed by atoms with E-state index >= 15 is 0 Å². The van der Waals surface area contributed by atoms with Crippen molar-refractivity contribution in [3.8, 4) is 0 Å². The zero-order chi connectivity index (χ0) is 14.1. The highest BCUT2D eigenvalue weighted by Gasteiger charge is 2.37. The van der Waals surface area contributed by atoms with E-state index in [-0.39, 0.29) is 30.2 Å². The first kappa shape index (κ1) is 15.0. The third-order valence-corrected chi connectivity index (χ3v) is 3.64. The number of amides is 2. The Kier molecular flexibility index (Phi) is 4.37. The van der Waals surface area contributed by atoms with Gasteiger partial charge >= 0.3 is 0 Å². The molecule has 0 aliphatic carbocycles. The molecule has 0 saturated carbocycles. The molecule has 0 aromatic rings. The van der Waals surface area contributed by atoms with Crippen molar-refractivity contribution in [2.24, 2.45) is 5.92 Å². The lowest BCUT2D eigenvalue weighted by atomic mass is 9.97. The van der Waals surface area contributed by atoms with Crippen LogP contribution in [0.5, 0.6) is 0 Å². The van der Waals surface area contributed by atoms with Gasteiger partial charge in [-0.3, -0.25) is 9.59 Å². The Bertz CT molecular complexity index is 337. The topological polar surface area (TPSA) is 69.6 Å². The Morgan fingerprint density at radius 3 is 2.39 bits per heavy atom. The zero-order valence-corrected chi connectivity index (χ0v) is 11.9. The predicted molar refractivity (Wildman–Crippen MR) is 68.9 cm³/mol. The average molecular weight is 256 g/mol. The van der Waals surface area contributed by atoms with Crippen LogP contribution in [0, 0.1) is 5.92 Å². The van der Waals surface area contributed by atoms with Crippen LogP contribution in [0.25, 0.3) is 0 Å². The van der Waals surface area contributed by atoms with Gasteiger partial charge < -0.3 is 15.3 Å². The number of hydrogen-bond donors (Lipinski definition) is 2. The molecule has 1 saturated heterocycles. The third-order valence-electron chi connectivity index (χ3n) is 3.64. The van der Waals surface area contributed by atoms with Crippen molar-refractivity contribution in [3.05, 3.63) is 0 Å². The molecule has 0 spiro atoms. The molecular formula is C13H24N2O3. The normalized spacial score (nSPS) is 22.5. The largest absolute Gasteiger partial charge is 0.391 e. The second kappa shape index (κ2) is 5.26. The maximum atomic E-state index is 12.1. The molecule has 0 aromatic carbocycles. The molecular weight excluding hydrogens is 232 g/mol. The number of carbonyl (C=O) groups is 2. The van der Waals surface area contributed by atoms with Crippen molar-refractivity contribution >= 4 is 11.8 Å². The monoisotopic (exact) mass is 256 g/mol. The molecule has 18 heavy (non-hydrogen) atoms. The van der Waals surface area contributed by atoms with E-state index in [2.05, 4.69) is 5.32 Å². The SMILES string of the molecule is CC(C)N1CC(C(=O)NC(C)(C)C(C)O)CC1=O. The summed E-state index contributed by atoms with van der Waals surface area (Å²) in [4.78, 5) is 25.5. The third kappa shape index (κ3) is 3.22. The number of likely N-dealkylation sites (tertiary alicyclic amines) is 1. The summed E-state index contributed by atoms with van der Waals surface area (Å²) in [6.45, 7) is 9.54. The molecule has 1 aliphatic rings. The van der Waals surface area contributed by atoms with Crippen LogP contribution in [-0.2, 0) is 9.59 Å². The first-order valence-corrected chi connectivity index (χ1v) is 6.44. The zero-order valence-electron chi connectivity index (χ0n) is 11.9. The molecule has 2 N–H and O–H groups in total. The van der Waals surface area contributed by atoms with Crippen molar-refractivity contribution in [1.29, 1.82) is 0 Å². The van der Waals surface area contributed by atoms with Crippen molar-refractivity contribution in [2.45, 2.75) is 58.7 Å². The lowest BCUT2D eigenvalue weighted by Crippen LogP contribution is -2.53. The minimum atomic E-state index is -0.675. The second-order valence-electron chi connectivity index (χ2n) is 5.93. The summed E-state index contributed by atoms with van der Waals surface area (Å²) in [5.41, 5.74) is -0.675. The summed E-state index contributed by atoms with van der Waals surface area (Å²) < 4.78 is 0. The second-order valence-corrected chi connectivity index (χ2v) is 5.93. The van der Waals surface area contributed by atoms with E-state index in [1.54, 1.807) is 25.7 Å². The van der Waals surface area contributed by atoms with Crippen molar-refractivity contribution in [3.63, 3.8) is 0 Å². The number of nitrogens with zero attached hydrogens (tertiary/aromatic N) is 1. The molecule has 1 aliphatic heterocycles. The Morgan fingerprint density at radius 2 is 2.00 bits per heavy atom. The fourth-order valence-electron chi connectivity index (χ4n) is 1.93. The molecule has 0 bridgehead atoms. The molecule has 1 rings (SSSR count). The van der Waals surface area contributed by atoms with Gasteiger partial charge in [-0.1, -0.05) is 0 Å². The van der Waals surface area contributed by atoms with E-state index in [9.17, 15) is 14.7 Å². The summed E-state index contributed by atoms with van der Waals surface area (Å²) in [7, 11) is 0. The van der Waals surface area contributed by atoms with Gasteiger partial charge in [-0.05, 0) is 34.6 Å². The molecule has 2 amide bonds. The van der Waals surface area contributed by atoms with E-state index in [4.69, 9.17) is 0 Å². The van der Waals surface area contributed by atoms with E-state index in [1.807, 2.05) is 13.8 Å². The minimum Gasteiger partial charge on any atom is -0.391 e. The molecule has 104 valence electrons. The fourth-order valence-corrected chi connectivity index (χ4v) is 1.93. The molecule has 2 unspecified atom stereocenters. The van der Waals surface area contributed by atoms with E-state index in [0.717, 1.165) is 0 Å². The maximum absolute atomic E-state index is 12.1. The Balaban J connectivity index is 2.63. The molecule has 1 heterocycles. The minimum absolute atomic E-state index is 0.0278. The van der Waals surface area contributed by atoms with Gasteiger partial charge in [0.25, 0.3) is 0 Å². The first-order chi connectivity index (χ1) is 8.15. The number of aliphatic hydroxyl groups is 1. The summed E-state index contributed by atoms with van der Waals surface area (Å²) >= 11 is 0. The van der Waals surface area contributed by atoms with E-state index in [1.165, 1.54) is 0 Å². The van der Waals surface area contributed by atoms with Crippen LogP contribution >= 0.6 is 0 Å². The van der Waals surface area contributed by atoms with Gasteiger partial charge in [0, 0.05) is 19.0 Å². The number of aliphatic hydroxyl groups excluding tert-OH is 1. The summed E-state index contributed by atoms with van der Waals surface area (Å²) in [5, 5.41) is 12.4. The quantitative estimate of drug-likeness (QED) is 0.770. The highest BCUT2D eigenvalue weighted by Crippen LogP contribution is 2.21. The summed E-state index contributed by atoms with van der Waals surface area (Å²) in [5.74, 6) is -0.435. The van der Waals surface area contributed by atoms with Crippen LogP contribution in [0.1, 0.15) is 41.0 Å². The smallest absolute Gasteiger partial charge is 0.225 e. The van der Waals surface area contributed by atoms with Crippen LogP contribution in [0.4, 0.5) is 0 Å². The van der Waals surface area contributed by atoms with E-state index < -0.39 is 11.6 Å². The first-order valence-electron chi connectivity index (χ1n) is 6.44. The van der Waals surface area contributed by atoms with Crippen molar-refractivity contribution in [1.82, 2.24) is 10.2 Å². The molecule has 5 nitrogen and oxygen atoms in total. The van der Waals surface area contributed by atoms with Crippen LogP contribution in [0.15, 0.2) is 0 Å². The fraction of sp³-hybridized carbons (Fsp3) is 0.846. The standard InChI is InChI=1S/C13H24N2O3/c1-8(2)15-7-10(6-11(15)17)12(18)14-13(4,5)9(3)16/h8-10,16H,6-7H2,1-5H3,(H,14,18). The van der Waals surface area contributed by atoms with Gasteiger partial charge in [0.1, 0.15) is 0 Å². The molecule has 5 heteroatoms. The Morgan fingerprint density at radius 1 is 1.44 bits per heavy atom. The van der Waals surface area contributed by atoms with E-state index in [0.29, 0.717) is 6.54 Å². The van der Waals surface area contributed by atoms with Gasteiger partial charge in [-0.15, -0.1) is 0 Å². The lowest BCUT2D eigenvalue weighted by Gasteiger charge is -2.30. The van der Waals surface area contributed by atoms with Crippen LogP contribution in [0.2, 0.25) is 0 Å². The number of nitrogens with one attached hydrogen (secondary N) is 1. The maximum Gasteiger partial charge on any atom is 0.225 e. The predicted octanol–water partition coefficient (Wildman–Crippen LogP) is 0.519. The molecule has 2 atom stereocenters. The summed E-state index contributed by atoms with van der Waals surface area (Å²) in [6.07, 6.45) is -0.375. The van der Waals surface area contributed by atoms with Crippen molar-refractivity contribution < 1.29 is 14.7 Å². The van der Waals surface area contributed by atoms with Crippen LogP contribution in [-0.4, -0.2) is 46.1 Å². The number of carbonyl (C=O) groups excluding carboxylic acids is 2. The van der Waals surface area contributed by atoms with Crippen molar-refractivity contribution in [2.75, 3.05) is 6.54 Å². The van der Waals surface area contributed by atoms with Crippen LogP contribution in [0.3, 0.4) is 0 Å². The van der Waals surface area contributed by atoms with Gasteiger partial charge in [0.05, 0.1) is 17.6 Å². The number of hydrogen-bond acceptors (Lipinski definition) is 3. The Hall–Kier alpha value is -1.10. The van der Waals surface area contributed by atoms with Gasteiger partial charge in [0.15, 0.2) is 0 Å². The van der Waals surface area contributed by atoms with Crippen LogP contribution < -0.4 is 5.32 Å². The Labute approximate surface area is 109 Å². The molecule has 0 aromatic heterocycles. The molecule has 0 radical (unpaired) electrons. The summed E-state index contributed by atoms with van der Waals surface area (Å²) in [6, 6.07) is 0.125. The average Bonchev–Trinajstić information content (AvgIpc) is 2.59. The van der Waals surface area contributed by atoms with Gasteiger partial charge in [-0.25, -0.2) is 0 Å².